The molecular weight excluding hydrogens is 228 g/mol. The van der Waals surface area contributed by atoms with Crippen LogP contribution in [-0.2, 0) is 9.53 Å². The monoisotopic (exact) mass is 254 g/mol. The van der Waals surface area contributed by atoms with Gasteiger partial charge in [0.05, 0.1) is 7.11 Å². The molecule has 2 fully saturated rings. The minimum absolute atomic E-state index is 0.245. The summed E-state index contributed by atoms with van der Waals surface area (Å²) in [5, 5.41) is 0. The van der Waals surface area contributed by atoms with E-state index in [0.29, 0.717) is 11.5 Å². The third-order valence-electron chi connectivity index (χ3n) is 4.58. The number of esters is 1. The van der Waals surface area contributed by atoms with Gasteiger partial charge >= 0.3 is 5.97 Å². The Bertz CT molecular complexity index is 330. The van der Waals surface area contributed by atoms with Gasteiger partial charge in [0.15, 0.2) is 0 Å². The lowest BCUT2D eigenvalue weighted by Gasteiger charge is -2.40. The van der Waals surface area contributed by atoms with Gasteiger partial charge < -0.3 is 10.5 Å². The fraction of sp³-hybridized carbons (Fsp3) is 0.929. The summed E-state index contributed by atoms with van der Waals surface area (Å²) in [5.41, 5.74) is 5.88. The van der Waals surface area contributed by atoms with Crippen LogP contribution in [0, 0.1) is 5.41 Å². The Labute approximate surface area is 110 Å². The zero-order valence-electron chi connectivity index (χ0n) is 11.9. The maximum absolute atomic E-state index is 11.8. The Hall–Kier alpha value is -0.610. The van der Waals surface area contributed by atoms with Crippen LogP contribution >= 0.6 is 0 Å². The van der Waals surface area contributed by atoms with E-state index in [1.54, 1.807) is 0 Å². The van der Waals surface area contributed by atoms with Crippen molar-refractivity contribution in [3.63, 3.8) is 0 Å². The van der Waals surface area contributed by atoms with Crippen molar-refractivity contribution in [3.05, 3.63) is 0 Å². The highest BCUT2D eigenvalue weighted by Crippen LogP contribution is 2.36. The van der Waals surface area contributed by atoms with Gasteiger partial charge in [-0.25, -0.2) is 0 Å². The van der Waals surface area contributed by atoms with Crippen LogP contribution in [0.25, 0.3) is 0 Å². The molecule has 1 heterocycles. The maximum atomic E-state index is 11.8. The maximum Gasteiger partial charge on any atom is 0.325 e. The Morgan fingerprint density at radius 1 is 1.39 bits per heavy atom. The first-order chi connectivity index (χ1) is 8.36. The smallest absolute Gasteiger partial charge is 0.325 e. The van der Waals surface area contributed by atoms with Crippen molar-refractivity contribution in [2.45, 2.75) is 57.5 Å². The Balaban J connectivity index is 2.01. The number of nitrogens with zero attached hydrogens (tertiary/aromatic N) is 1. The first-order valence-corrected chi connectivity index (χ1v) is 6.98. The number of nitrogens with two attached hydrogens (primary N) is 1. The van der Waals surface area contributed by atoms with Gasteiger partial charge in [-0.3, -0.25) is 9.69 Å². The molecule has 104 valence electrons. The van der Waals surface area contributed by atoms with E-state index in [9.17, 15) is 4.79 Å². The van der Waals surface area contributed by atoms with Crippen LogP contribution in [0.3, 0.4) is 0 Å². The van der Waals surface area contributed by atoms with Crippen molar-refractivity contribution >= 4 is 5.97 Å². The van der Waals surface area contributed by atoms with Gasteiger partial charge in [0, 0.05) is 12.6 Å². The van der Waals surface area contributed by atoms with Gasteiger partial charge in [0.2, 0.25) is 0 Å². The molecule has 0 radical (unpaired) electrons. The second-order valence-corrected chi connectivity index (χ2v) is 6.78. The lowest BCUT2D eigenvalue weighted by Crippen LogP contribution is -2.56. The van der Waals surface area contributed by atoms with E-state index in [1.807, 2.05) is 0 Å². The van der Waals surface area contributed by atoms with Crippen LogP contribution in [0.1, 0.15) is 46.0 Å². The molecule has 4 heteroatoms. The zero-order chi connectivity index (χ0) is 13.4. The summed E-state index contributed by atoms with van der Waals surface area (Å²) in [4.78, 5) is 14.3. The van der Waals surface area contributed by atoms with Crippen LogP contribution in [0.4, 0.5) is 0 Å². The molecule has 1 aliphatic carbocycles. The van der Waals surface area contributed by atoms with Crippen molar-refractivity contribution in [1.82, 2.24) is 4.90 Å². The third-order valence-corrected chi connectivity index (χ3v) is 4.58. The highest BCUT2D eigenvalue weighted by Gasteiger charge is 2.43. The molecule has 0 bridgehead atoms. The summed E-state index contributed by atoms with van der Waals surface area (Å²) < 4.78 is 4.86. The van der Waals surface area contributed by atoms with E-state index >= 15 is 0 Å². The highest BCUT2D eigenvalue weighted by atomic mass is 16.5. The summed E-state index contributed by atoms with van der Waals surface area (Å²) in [6.07, 6.45) is 4.92. The Morgan fingerprint density at radius 3 is 2.67 bits per heavy atom. The molecule has 1 saturated carbocycles. The lowest BCUT2D eigenvalue weighted by atomic mass is 9.79. The Kier molecular flexibility index (Phi) is 3.70. The van der Waals surface area contributed by atoms with E-state index < -0.39 is 5.54 Å². The predicted molar refractivity (Wildman–Crippen MR) is 71.2 cm³/mol. The molecule has 0 aromatic heterocycles. The van der Waals surface area contributed by atoms with E-state index in [1.165, 1.54) is 13.5 Å². The number of carbonyl (C=O) groups is 1. The summed E-state index contributed by atoms with van der Waals surface area (Å²) in [7, 11) is 1.43. The number of methoxy groups -OCH3 is 1. The number of carbonyl (C=O) groups excluding carboxylic acids is 1. The topological polar surface area (TPSA) is 55.6 Å². The quantitative estimate of drug-likeness (QED) is 0.759. The largest absolute Gasteiger partial charge is 0.468 e. The Morgan fingerprint density at radius 2 is 2.11 bits per heavy atom. The molecule has 2 aliphatic rings. The molecule has 0 amide bonds. The van der Waals surface area contributed by atoms with E-state index in [4.69, 9.17) is 10.5 Å². The molecule has 1 aliphatic heterocycles. The zero-order valence-corrected chi connectivity index (χ0v) is 11.9. The van der Waals surface area contributed by atoms with Gasteiger partial charge in [-0.2, -0.15) is 0 Å². The van der Waals surface area contributed by atoms with Crippen molar-refractivity contribution in [2.75, 3.05) is 20.2 Å². The summed E-state index contributed by atoms with van der Waals surface area (Å²) in [6, 6.07) is 0.449. The molecular formula is C14H26N2O2. The molecule has 0 aromatic rings. The van der Waals surface area contributed by atoms with Crippen LogP contribution < -0.4 is 5.73 Å². The molecule has 2 rings (SSSR count). The first-order valence-electron chi connectivity index (χ1n) is 6.98. The fourth-order valence-corrected chi connectivity index (χ4v) is 3.44. The fourth-order valence-electron chi connectivity index (χ4n) is 3.44. The SMILES string of the molecule is COC(=O)C1(N)CCCC(N2CCC(C)(C)C2)C1. The van der Waals surface area contributed by atoms with E-state index in [0.717, 1.165) is 38.8 Å². The molecule has 2 atom stereocenters. The van der Waals surface area contributed by atoms with Crippen molar-refractivity contribution < 1.29 is 9.53 Å². The lowest BCUT2D eigenvalue weighted by molar-refractivity contribution is -0.149. The molecule has 4 nitrogen and oxygen atoms in total. The highest BCUT2D eigenvalue weighted by molar-refractivity contribution is 5.80. The van der Waals surface area contributed by atoms with Crippen LogP contribution in [0.15, 0.2) is 0 Å². The van der Waals surface area contributed by atoms with Gasteiger partial charge in [0.25, 0.3) is 0 Å². The molecule has 1 saturated heterocycles. The molecule has 2 unspecified atom stereocenters. The minimum Gasteiger partial charge on any atom is -0.468 e. The second kappa shape index (κ2) is 4.82. The minimum atomic E-state index is -0.760. The second-order valence-electron chi connectivity index (χ2n) is 6.78. The van der Waals surface area contributed by atoms with Crippen molar-refractivity contribution in [3.8, 4) is 0 Å². The van der Waals surface area contributed by atoms with Gasteiger partial charge in [0.1, 0.15) is 5.54 Å². The number of hydrogen-bond acceptors (Lipinski definition) is 4. The third kappa shape index (κ3) is 2.69. The van der Waals surface area contributed by atoms with E-state index in [2.05, 4.69) is 18.7 Å². The predicted octanol–water partition coefficient (Wildman–Crippen LogP) is 1.53. The van der Waals surface area contributed by atoms with Crippen LogP contribution in [-0.4, -0.2) is 42.6 Å². The van der Waals surface area contributed by atoms with E-state index in [-0.39, 0.29) is 5.97 Å². The molecule has 18 heavy (non-hydrogen) atoms. The number of ether oxygens (including phenoxy) is 1. The molecule has 0 spiro atoms. The van der Waals surface area contributed by atoms with Gasteiger partial charge in [-0.05, 0) is 44.1 Å². The number of rotatable bonds is 2. The molecule has 2 N–H and O–H groups in total. The number of hydrogen-bond donors (Lipinski definition) is 1. The molecule has 0 aromatic carbocycles. The van der Waals surface area contributed by atoms with Crippen LogP contribution in [0.2, 0.25) is 0 Å². The van der Waals surface area contributed by atoms with Crippen molar-refractivity contribution in [1.29, 1.82) is 0 Å². The normalized spacial score (nSPS) is 36.6. The first kappa shape index (κ1) is 13.8. The summed E-state index contributed by atoms with van der Waals surface area (Å²) in [5.74, 6) is -0.245. The van der Waals surface area contributed by atoms with Gasteiger partial charge in [-0.15, -0.1) is 0 Å². The summed E-state index contributed by atoms with van der Waals surface area (Å²) in [6.45, 7) is 6.88. The summed E-state index contributed by atoms with van der Waals surface area (Å²) >= 11 is 0. The van der Waals surface area contributed by atoms with Gasteiger partial charge in [-0.1, -0.05) is 13.8 Å². The standard InChI is InChI=1S/C14H26N2O2/c1-13(2)7-8-16(10-13)11-5-4-6-14(15,9-11)12(17)18-3/h11H,4-10,15H2,1-3H3. The average Bonchev–Trinajstić information content (AvgIpc) is 2.69. The van der Waals surface area contributed by atoms with Crippen LogP contribution in [0.5, 0.6) is 0 Å². The number of likely N-dealkylation sites (tertiary alicyclic amines) is 1. The average molecular weight is 254 g/mol. The van der Waals surface area contributed by atoms with Crippen molar-refractivity contribution in [2.24, 2.45) is 11.1 Å².